The van der Waals surface area contributed by atoms with Gasteiger partial charge < -0.3 is 20.7 Å². The standard InChI is InChI=1S/C33H33ClF3N7O2/c34-25-12-10-24(11-13-25)32(16-17-32)43-30-40-29(41-31(42-30)46-21-33(35,36)37)39-26-14-8-23(9-15-26)28(45)38-27-7-4-18-44(20-27)19-22-5-2-1-3-6-22/h1-3,5-6,8-15,27H,4,7,16-21H2,(H,38,45)(H2,39,40,41,42,43). The van der Waals surface area contributed by atoms with E-state index in [0.717, 1.165) is 50.9 Å². The molecule has 1 aliphatic carbocycles. The van der Waals surface area contributed by atoms with Crippen LogP contribution >= 0.6 is 11.6 Å². The van der Waals surface area contributed by atoms with Gasteiger partial charge in [-0.05, 0) is 79.8 Å². The number of nitrogens with one attached hydrogen (secondary N) is 3. The van der Waals surface area contributed by atoms with Gasteiger partial charge in [0.2, 0.25) is 11.9 Å². The molecule has 2 aliphatic rings. The number of rotatable bonds is 11. The van der Waals surface area contributed by atoms with Crippen molar-refractivity contribution in [2.75, 3.05) is 30.3 Å². The Morgan fingerprint density at radius 2 is 1.67 bits per heavy atom. The summed E-state index contributed by atoms with van der Waals surface area (Å²) in [6, 6.07) is 23.8. The summed E-state index contributed by atoms with van der Waals surface area (Å²) in [6.45, 7) is 1.05. The normalized spacial score (nSPS) is 17.6. The number of ether oxygens (including phenoxy) is 1. The van der Waals surface area contributed by atoms with Gasteiger partial charge in [0.15, 0.2) is 6.61 Å². The van der Waals surface area contributed by atoms with Crippen molar-refractivity contribution < 1.29 is 22.7 Å². The molecule has 3 aromatic carbocycles. The molecule has 1 aromatic heterocycles. The molecule has 240 valence electrons. The molecule has 1 saturated carbocycles. The van der Waals surface area contributed by atoms with Crippen LogP contribution in [0.3, 0.4) is 0 Å². The van der Waals surface area contributed by atoms with Gasteiger partial charge in [-0.15, -0.1) is 0 Å². The Morgan fingerprint density at radius 1 is 0.957 bits per heavy atom. The van der Waals surface area contributed by atoms with Gasteiger partial charge in [-0.2, -0.15) is 28.1 Å². The SMILES string of the molecule is O=C(NC1CCCN(Cc2ccccc2)C1)c1ccc(Nc2nc(NC3(c4ccc(Cl)cc4)CC3)nc(OCC(F)(F)F)n2)cc1. The van der Waals surface area contributed by atoms with Crippen molar-refractivity contribution in [2.24, 2.45) is 0 Å². The molecule has 9 nitrogen and oxygen atoms in total. The topological polar surface area (TPSA) is 104 Å². The number of anilines is 3. The van der Waals surface area contributed by atoms with Crippen LogP contribution in [-0.2, 0) is 12.1 Å². The third-order valence-corrected chi connectivity index (χ3v) is 8.22. The van der Waals surface area contributed by atoms with Crippen LogP contribution in [0.1, 0.15) is 47.2 Å². The highest BCUT2D eigenvalue weighted by Gasteiger charge is 2.45. The van der Waals surface area contributed by atoms with Crippen LogP contribution in [0.4, 0.5) is 30.8 Å². The number of aromatic nitrogens is 3. The maximum Gasteiger partial charge on any atom is 0.422 e. The average molecular weight is 652 g/mol. The minimum absolute atomic E-state index is 0.0144. The van der Waals surface area contributed by atoms with Gasteiger partial charge in [-0.3, -0.25) is 9.69 Å². The summed E-state index contributed by atoms with van der Waals surface area (Å²) in [7, 11) is 0. The number of halogens is 4. The molecule has 1 aliphatic heterocycles. The molecule has 46 heavy (non-hydrogen) atoms. The number of nitrogens with zero attached hydrogens (tertiary/aromatic N) is 4. The van der Waals surface area contributed by atoms with Crippen molar-refractivity contribution in [3.63, 3.8) is 0 Å². The monoisotopic (exact) mass is 651 g/mol. The number of benzene rings is 3. The highest BCUT2D eigenvalue weighted by Crippen LogP contribution is 2.48. The molecule has 1 saturated heterocycles. The van der Waals surface area contributed by atoms with Gasteiger partial charge in [-0.1, -0.05) is 54.1 Å². The van der Waals surface area contributed by atoms with Crippen LogP contribution in [0.2, 0.25) is 5.02 Å². The molecular formula is C33H33ClF3N7O2. The summed E-state index contributed by atoms with van der Waals surface area (Å²) in [5.74, 6) is -0.129. The summed E-state index contributed by atoms with van der Waals surface area (Å²) in [5, 5.41) is 9.98. The molecule has 6 rings (SSSR count). The maximum absolute atomic E-state index is 13.1. The Labute approximate surface area is 269 Å². The van der Waals surface area contributed by atoms with E-state index in [2.05, 4.69) is 47.9 Å². The van der Waals surface area contributed by atoms with E-state index in [4.69, 9.17) is 16.3 Å². The van der Waals surface area contributed by atoms with Gasteiger partial charge >= 0.3 is 12.2 Å². The van der Waals surface area contributed by atoms with E-state index in [1.165, 1.54) is 5.56 Å². The molecular weight excluding hydrogens is 619 g/mol. The second-order valence-electron chi connectivity index (χ2n) is 11.6. The predicted molar refractivity (Wildman–Crippen MR) is 169 cm³/mol. The smallest absolute Gasteiger partial charge is 0.422 e. The Bertz CT molecular complexity index is 1640. The molecule has 3 N–H and O–H groups in total. The minimum atomic E-state index is -4.57. The van der Waals surface area contributed by atoms with Gasteiger partial charge in [0.1, 0.15) is 0 Å². The predicted octanol–water partition coefficient (Wildman–Crippen LogP) is 6.71. The molecule has 2 heterocycles. The van der Waals surface area contributed by atoms with Crippen LogP contribution in [0.25, 0.3) is 0 Å². The average Bonchev–Trinajstić information content (AvgIpc) is 3.81. The molecule has 13 heteroatoms. The molecule has 0 bridgehead atoms. The number of amides is 1. The lowest BCUT2D eigenvalue weighted by molar-refractivity contribution is -0.154. The van der Waals surface area contributed by atoms with Gasteiger partial charge in [0.05, 0.1) is 5.54 Å². The summed E-state index contributed by atoms with van der Waals surface area (Å²) in [6.07, 6.45) is -1.11. The lowest BCUT2D eigenvalue weighted by Gasteiger charge is -2.33. The number of alkyl halides is 3. The Morgan fingerprint density at radius 3 is 2.37 bits per heavy atom. The second kappa shape index (κ2) is 13.5. The Hall–Kier alpha value is -4.42. The van der Waals surface area contributed by atoms with E-state index in [0.29, 0.717) is 16.3 Å². The number of hydrogen-bond acceptors (Lipinski definition) is 8. The molecule has 1 amide bonds. The second-order valence-corrected chi connectivity index (χ2v) is 12.1. The van der Waals surface area contributed by atoms with E-state index in [1.54, 1.807) is 36.4 Å². The fourth-order valence-electron chi connectivity index (χ4n) is 5.53. The molecule has 0 radical (unpaired) electrons. The number of hydrogen-bond donors (Lipinski definition) is 3. The van der Waals surface area contributed by atoms with Crippen molar-refractivity contribution in [2.45, 2.75) is 50.0 Å². The fourth-order valence-corrected chi connectivity index (χ4v) is 5.66. The fraction of sp³-hybridized carbons (Fsp3) is 0.333. The zero-order valence-electron chi connectivity index (χ0n) is 24.9. The first-order valence-corrected chi connectivity index (χ1v) is 15.4. The van der Waals surface area contributed by atoms with Gasteiger partial charge in [0.25, 0.3) is 5.91 Å². The lowest BCUT2D eigenvalue weighted by atomic mass is 10.0. The van der Waals surface area contributed by atoms with E-state index in [9.17, 15) is 18.0 Å². The van der Waals surface area contributed by atoms with Crippen LogP contribution in [-0.4, -0.2) is 57.7 Å². The third-order valence-electron chi connectivity index (χ3n) is 7.97. The summed E-state index contributed by atoms with van der Waals surface area (Å²) >= 11 is 6.04. The molecule has 2 fully saturated rings. The lowest BCUT2D eigenvalue weighted by Crippen LogP contribution is -2.47. The zero-order valence-corrected chi connectivity index (χ0v) is 25.6. The third kappa shape index (κ3) is 8.43. The molecule has 1 atom stereocenters. The highest BCUT2D eigenvalue weighted by atomic mass is 35.5. The number of carbonyl (C=O) groups is 1. The van der Waals surface area contributed by atoms with Crippen molar-refractivity contribution in [1.29, 1.82) is 0 Å². The summed E-state index contributed by atoms with van der Waals surface area (Å²) in [4.78, 5) is 27.9. The minimum Gasteiger partial charge on any atom is -0.454 e. The van der Waals surface area contributed by atoms with Crippen LogP contribution in [0, 0.1) is 0 Å². The van der Waals surface area contributed by atoms with Crippen molar-refractivity contribution >= 4 is 35.1 Å². The maximum atomic E-state index is 13.1. The Balaban J connectivity index is 1.11. The van der Waals surface area contributed by atoms with Crippen molar-refractivity contribution in [3.8, 4) is 6.01 Å². The molecule has 1 unspecified atom stereocenters. The van der Waals surface area contributed by atoms with Crippen LogP contribution < -0.4 is 20.7 Å². The number of likely N-dealkylation sites (tertiary alicyclic amines) is 1. The Kier molecular flexibility index (Phi) is 9.27. The number of piperidine rings is 1. The van der Waals surface area contributed by atoms with E-state index < -0.39 is 24.3 Å². The van der Waals surface area contributed by atoms with Crippen molar-refractivity contribution in [1.82, 2.24) is 25.2 Å². The largest absolute Gasteiger partial charge is 0.454 e. The first-order valence-electron chi connectivity index (χ1n) is 15.1. The highest BCUT2D eigenvalue weighted by molar-refractivity contribution is 6.30. The van der Waals surface area contributed by atoms with E-state index >= 15 is 0 Å². The first-order chi connectivity index (χ1) is 22.1. The van der Waals surface area contributed by atoms with Gasteiger partial charge in [-0.25, -0.2) is 0 Å². The molecule has 0 spiro atoms. The summed E-state index contributed by atoms with van der Waals surface area (Å²) in [5.41, 5.74) is 2.73. The van der Waals surface area contributed by atoms with Gasteiger partial charge in [0, 0.05) is 35.4 Å². The molecule has 4 aromatic rings. The number of carbonyl (C=O) groups excluding carboxylic acids is 1. The van der Waals surface area contributed by atoms with Crippen LogP contribution in [0.5, 0.6) is 6.01 Å². The zero-order chi connectivity index (χ0) is 32.1. The van der Waals surface area contributed by atoms with E-state index in [-0.39, 0.29) is 23.8 Å². The summed E-state index contributed by atoms with van der Waals surface area (Å²) < 4.78 is 43.6. The van der Waals surface area contributed by atoms with Crippen molar-refractivity contribution in [3.05, 3.63) is 101 Å². The van der Waals surface area contributed by atoms with Crippen LogP contribution in [0.15, 0.2) is 78.9 Å². The quantitative estimate of drug-likeness (QED) is 0.165. The first kappa shape index (κ1) is 31.6. The van der Waals surface area contributed by atoms with E-state index in [1.807, 2.05) is 30.3 Å².